The van der Waals surface area contributed by atoms with Crippen LogP contribution in [0.2, 0.25) is 5.02 Å². The number of rotatable bonds is 2. The monoisotopic (exact) mass is 400 g/mol. The lowest BCUT2D eigenvalue weighted by Gasteiger charge is -2.09. The van der Waals surface area contributed by atoms with E-state index in [4.69, 9.17) is 11.6 Å². The van der Waals surface area contributed by atoms with E-state index in [0.717, 1.165) is 17.7 Å². The molecule has 0 N–H and O–H groups in total. The van der Waals surface area contributed by atoms with Crippen LogP contribution in [0.1, 0.15) is 5.56 Å². The van der Waals surface area contributed by atoms with Gasteiger partial charge in [0.25, 0.3) is 0 Å². The van der Waals surface area contributed by atoms with Gasteiger partial charge in [0.2, 0.25) is 0 Å². The molecule has 0 saturated carbocycles. The van der Waals surface area contributed by atoms with E-state index in [9.17, 15) is 13.2 Å². The van der Waals surface area contributed by atoms with Gasteiger partial charge in [-0.3, -0.25) is 0 Å². The SMILES string of the molecule is FC(F)(F)c1cccc(-n2nc(-c3ccc(Cl)cc3)cc2Br)c1. The molecule has 1 aromatic heterocycles. The molecular weight excluding hydrogens is 393 g/mol. The van der Waals surface area contributed by atoms with Crippen LogP contribution in [0.5, 0.6) is 0 Å². The van der Waals surface area contributed by atoms with Crippen molar-refractivity contribution in [1.29, 1.82) is 0 Å². The van der Waals surface area contributed by atoms with E-state index in [0.29, 0.717) is 21.0 Å². The van der Waals surface area contributed by atoms with Crippen LogP contribution >= 0.6 is 27.5 Å². The molecule has 0 amide bonds. The van der Waals surface area contributed by atoms with Gasteiger partial charge in [-0.25, -0.2) is 4.68 Å². The summed E-state index contributed by atoms with van der Waals surface area (Å²) in [6, 6.07) is 13.8. The zero-order valence-electron chi connectivity index (χ0n) is 11.5. The minimum Gasteiger partial charge on any atom is -0.226 e. The number of hydrogen-bond donors (Lipinski definition) is 0. The fourth-order valence-electron chi connectivity index (χ4n) is 2.12. The fourth-order valence-corrected chi connectivity index (χ4v) is 2.74. The first-order valence-corrected chi connectivity index (χ1v) is 7.71. The topological polar surface area (TPSA) is 17.8 Å². The van der Waals surface area contributed by atoms with Crippen LogP contribution in [0.25, 0.3) is 16.9 Å². The smallest absolute Gasteiger partial charge is 0.226 e. The molecule has 0 radical (unpaired) electrons. The van der Waals surface area contributed by atoms with E-state index < -0.39 is 11.7 Å². The molecule has 3 rings (SSSR count). The summed E-state index contributed by atoms with van der Waals surface area (Å²) in [6.45, 7) is 0. The fraction of sp³-hybridized carbons (Fsp3) is 0.0625. The number of hydrogen-bond acceptors (Lipinski definition) is 1. The number of aromatic nitrogens is 2. The van der Waals surface area contributed by atoms with Gasteiger partial charge in [0, 0.05) is 10.6 Å². The minimum atomic E-state index is -4.39. The van der Waals surface area contributed by atoms with E-state index in [1.165, 1.54) is 10.7 Å². The van der Waals surface area contributed by atoms with Crippen molar-refractivity contribution in [3.63, 3.8) is 0 Å². The van der Waals surface area contributed by atoms with Gasteiger partial charge in [-0.15, -0.1) is 0 Å². The maximum Gasteiger partial charge on any atom is 0.416 e. The van der Waals surface area contributed by atoms with Crippen LogP contribution < -0.4 is 0 Å². The molecule has 118 valence electrons. The van der Waals surface area contributed by atoms with Gasteiger partial charge in [-0.1, -0.05) is 29.8 Å². The van der Waals surface area contributed by atoms with E-state index in [1.807, 2.05) is 0 Å². The first-order chi connectivity index (χ1) is 10.8. The van der Waals surface area contributed by atoms with E-state index in [-0.39, 0.29) is 0 Å². The third kappa shape index (κ3) is 3.43. The Bertz CT molecular complexity index is 841. The Morgan fingerprint density at radius 3 is 2.35 bits per heavy atom. The van der Waals surface area contributed by atoms with Gasteiger partial charge in [0.1, 0.15) is 4.60 Å². The standard InChI is InChI=1S/C16H9BrClF3N2/c17-15-9-14(10-4-6-12(18)7-5-10)22-23(15)13-3-1-2-11(8-13)16(19,20)21/h1-9H. The Balaban J connectivity index is 2.03. The molecule has 7 heteroatoms. The number of halogens is 5. The van der Waals surface area contributed by atoms with Gasteiger partial charge in [0.15, 0.2) is 0 Å². The van der Waals surface area contributed by atoms with E-state index in [1.54, 1.807) is 36.4 Å². The van der Waals surface area contributed by atoms with Crippen LogP contribution in [0.3, 0.4) is 0 Å². The maximum atomic E-state index is 12.8. The molecule has 0 atom stereocenters. The van der Waals surface area contributed by atoms with Crippen molar-refractivity contribution in [3.05, 3.63) is 69.8 Å². The molecule has 0 aliphatic heterocycles. The zero-order valence-corrected chi connectivity index (χ0v) is 13.8. The number of alkyl halides is 3. The largest absolute Gasteiger partial charge is 0.416 e. The van der Waals surface area contributed by atoms with Gasteiger partial charge < -0.3 is 0 Å². The minimum absolute atomic E-state index is 0.326. The molecule has 0 fully saturated rings. The predicted molar refractivity (Wildman–Crippen MR) is 86.7 cm³/mol. The summed E-state index contributed by atoms with van der Waals surface area (Å²) in [4.78, 5) is 0. The number of benzene rings is 2. The molecule has 0 saturated heterocycles. The van der Waals surface area contributed by atoms with Crippen molar-refractivity contribution in [2.24, 2.45) is 0 Å². The highest BCUT2D eigenvalue weighted by Gasteiger charge is 2.30. The van der Waals surface area contributed by atoms with Crippen LogP contribution in [-0.4, -0.2) is 9.78 Å². The first-order valence-electron chi connectivity index (χ1n) is 6.54. The van der Waals surface area contributed by atoms with Crippen molar-refractivity contribution in [2.45, 2.75) is 6.18 Å². The highest BCUT2D eigenvalue weighted by atomic mass is 79.9. The number of nitrogens with zero attached hydrogens (tertiary/aromatic N) is 2. The van der Waals surface area contributed by atoms with E-state index >= 15 is 0 Å². The predicted octanol–water partition coefficient (Wildman–Crippen LogP) is 5.97. The summed E-state index contributed by atoms with van der Waals surface area (Å²) in [5.41, 5.74) is 1.06. The van der Waals surface area contributed by atoms with Crippen molar-refractivity contribution in [1.82, 2.24) is 9.78 Å². The Morgan fingerprint density at radius 1 is 1.00 bits per heavy atom. The second-order valence-corrected chi connectivity index (χ2v) is 6.07. The average molecular weight is 402 g/mol. The van der Waals surface area contributed by atoms with Gasteiger partial charge >= 0.3 is 6.18 Å². The summed E-state index contributed by atoms with van der Waals surface area (Å²) >= 11 is 9.18. The van der Waals surface area contributed by atoms with Gasteiger partial charge in [0.05, 0.1) is 16.9 Å². The molecular formula is C16H9BrClF3N2. The third-order valence-corrected chi connectivity index (χ3v) is 4.04. The van der Waals surface area contributed by atoms with Crippen LogP contribution in [-0.2, 0) is 6.18 Å². The Labute approximate surface area is 143 Å². The summed E-state index contributed by atoms with van der Waals surface area (Å²) in [7, 11) is 0. The second-order valence-electron chi connectivity index (χ2n) is 4.82. The molecule has 2 nitrogen and oxygen atoms in total. The first kappa shape index (κ1) is 16.1. The highest BCUT2D eigenvalue weighted by Crippen LogP contribution is 2.32. The molecule has 3 aromatic rings. The second kappa shape index (κ2) is 6.02. The lowest BCUT2D eigenvalue weighted by molar-refractivity contribution is -0.137. The summed E-state index contributed by atoms with van der Waals surface area (Å²) in [6.07, 6.45) is -4.39. The average Bonchev–Trinajstić information content (AvgIpc) is 2.89. The molecule has 1 heterocycles. The molecule has 0 spiro atoms. The normalized spacial score (nSPS) is 11.7. The quantitative estimate of drug-likeness (QED) is 0.517. The molecule has 23 heavy (non-hydrogen) atoms. The molecule has 0 aliphatic carbocycles. The van der Waals surface area contributed by atoms with Crippen LogP contribution in [0.4, 0.5) is 13.2 Å². The lowest BCUT2D eigenvalue weighted by Crippen LogP contribution is -2.06. The lowest BCUT2D eigenvalue weighted by atomic mass is 10.2. The van der Waals surface area contributed by atoms with Crippen molar-refractivity contribution in [2.75, 3.05) is 0 Å². The molecule has 2 aromatic carbocycles. The Morgan fingerprint density at radius 2 is 1.70 bits per heavy atom. The van der Waals surface area contributed by atoms with Crippen LogP contribution in [0.15, 0.2) is 59.2 Å². The maximum absolute atomic E-state index is 12.8. The van der Waals surface area contributed by atoms with Crippen LogP contribution in [0, 0.1) is 0 Å². The highest BCUT2D eigenvalue weighted by molar-refractivity contribution is 9.10. The van der Waals surface area contributed by atoms with E-state index in [2.05, 4.69) is 21.0 Å². The van der Waals surface area contributed by atoms with Crippen molar-refractivity contribution < 1.29 is 13.2 Å². The molecule has 0 unspecified atom stereocenters. The van der Waals surface area contributed by atoms with Crippen molar-refractivity contribution >= 4 is 27.5 Å². The Kier molecular flexibility index (Phi) is 4.21. The Hall–Kier alpha value is -1.79. The third-order valence-electron chi connectivity index (χ3n) is 3.22. The van der Waals surface area contributed by atoms with Gasteiger partial charge in [-0.05, 0) is 52.3 Å². The molecule has 0 bridgehead atoms. The van der Waals surface area contributed by atoms with Gasteiger partial charge in [-0.2, -0.15) is 18.3 Å². The summed E-state index contributed by atoms with van der Waals surface area (Å²) in [5, 5.41) is 4.96. The summed E-state index contributed by atoms with van der Waals surface area (Å²) in [5.74, 6) is 0. The summed E-state index contributed by atoms with van der Waals surface area (Å²) < 4.78 is 40.5. The van der Waals surface area contributed by atoms with Crippen molar-refractivity contribution in [3.8, 4) is 16.9 Å². The zero-order chi connectivity index (χ0) is 16.6. The molecule has 0 aliphatic rings.